The van der Waals surface area contributed by atoms with E-state index in [2.05, 4.69) is 31.0 Å². The van der Waals surface area contributed by atoms with Crippen LogP contribution in [0.5, 0.6) is 0 Å². The van der Waals surface area contributed by atoms with Gasteiger partial charge in [0, 0.05) is 29.4 Å². The lowest BCUT2D eigenvalue weighted by Gasteiger charge is -2.11. The van der Waals surface area contributed by atoms with Gasteiger partial charge in [-0.05, 0) is 31.1 Å². The molecule has 0 bridgehead atoms. The molecule has 1 aliphatic carbocycles. The van der Waals surface area contributed by atoms with Gasteiger partial charge in [-0.2, -0.15) is 9.61 Å². The molecular formula is C19H17N7O2. The number of aromatic nitrogens is 4. The second kappa shape index (κ2) is 6.45. The van der Waals surface area contributed by atoms with E-state index in [9.17, 15) is 9.59 Å². The van der Waals surface area contributed by atoms with Crippen molar-refractivity contribution < 1.29 is 9.59 Å². The van der Waals surface area contributed by atoms with Crippen molar-refractivity contribution >= 4 is 41.0 Å². The maximum atomic E-state index is 11.9. The van der Waals surface area contributed by atoms with Gasteiger partial charge < -0.3 is 10.6 Å². The van der Waals surface area contributed by atoms with Crippen LogP contribution in [0.25, 0.3) is 11.7 Å². The zero-order chi connectivity index (χ0) is 19.1. The molecule has 0 atom stereocenters. The van der Waals surface area contributed by atoms with E-state index in [0.29, 0.717) is 34.5 Å². The molecule has 0 aromatic carbocycles. The molecule has 0 spiro atoms. The number of pyridine rings is 1. The minimum absolute atomic E-state index is 0.0647. The average Bonchev–Trinajstić information content (AvgIpc) is 3.32. The van der Waals surface area contributed by atoms with E-state index in [1.54, 1.807) is 23.0 Å². The third-order valence-corrected chi connectivity index (χ3v) is 4.57. The quantitative estimate of drug-likeness (QED) is 0.461. The Bertz CT molecular complexity index is 1120. The van der Waals surface area contributed by atoms with Crippen LogP contribution in [0.2, 0.25) is 0 Å². The largest absolute Gasteiger partial charge is 0.367 e. The summed E-state index contributed by atoms with van der Waals surface area (Å²) in [7, 11) is 0. The highest BCUT2D eigenvalue weighted by molar-refractivity contribution is 6.15. The molecule has 9 heteroatoms. The normalized spacial score (nSPS) is 17.9. The fourth-order valence-corrected chi connectivity index (χ4v) is 3.06. The molecule has 1 saturated carbocycles. The maximum Gasteiger partial charge on any atom is 0.254 e. The van der Waals surface area contributed by atoms with Gasteiger partial charge in [0.2, 0.25) is 5.91 Å². The molecule has 0 radical (unpaired) electrons. The molecule has 4 heterocycles. The zero-order valence-electron chi connectivity index (χ0n) is 14.8. The van der Waals surface area contributed by atoms with Crippen LogP contribution in [0.1, 0.15) is 24.8 Å². The molecule has 2 aliphatic rings. The molecule has 140 valence electrons. The number of imide groups is 1. The summed E-state index contributed by atoms with van der Waals surface area (Å²) in [4.78, 5) is 32.3. The first-order valence-electron chi connectivity index (χ1n) is 9.04. The zero-order valence-corrected chi connectivity index (χ0v) is 14.8. The first-order valence-corrected chi connectivity index (χ1v) is 9.04. The van der Waals surface area contributed by atoms with Crippen LogP contribution in [0, 0.1) is 0 Å². The van der Waals surface area contributed by atoms with Crippen molar-refractivity contribution in [2.75, 3.05) is 10.6 Å². The molecule has 1 aliphatic heterocycles. The van der Waals surface area contributed by atoms with Gasteiger partial charge >= 0.3 is 0 Å². The van der Waals surface area contributed by atoms with Crippen LogP contribution < -0.4 is 16.0 Å². The number of fused-ring (bicyclic) bond motifs is 1. The number of rotatable bonds is 5. The molecule has 3 aromatic rings. The summed E-state index contributed by atoms with van der Waals surface area (Å²) in [6, 6.07) is 7.90. The Morgan fingerprint density at radius 2 is 2.11 bits per heavy atom. The minimum atomic E-state index is -0.372. The van der Waals surface area contributed by atoms with Gasteiger partial charge in [-0.1, -0.05) is 6.07 Å². The van der Waals surface area contributed by atoms with Crippen LogP contribution in [0.3, 0.4) is 0 Å². The number of nitrogens with one attached hydrogen (secondary N) is 3. The first kappa shape index (κ1) is 16.4. The number of hydrogen-bond donors (Lipinski definition) is 3. The van der Waals surface area contributed by atoms with Crippen molar-refractivity contribution in [3.63, 3.8) is 0 Å². The lowest BCUT2D eigenvalue weighted by Crippen LogP contribution is -2.19. The molecule has 2 amide bonds. The molecule has 3 aromatic heterocycles. The average molecular weight is 375 g/mol. The lowest BCUT2D eigenvalue weighted by atomic mass is 10.1. The van der Waals surface area contributed by atoms with E-state index in [4.69, 9.17) is 0 Å². The number of anilines is 3. The van der Waals surface area contributed by atoms with Crippen molar-refractivity contribution in [2.45, 2.75) is 25.3 Å². The van der Waals surface area contributed by atoms with E-state index in [0.717, 1.165) is 18.7 Å². The predicted octanol–water partition coefficient (Wildman–Crippen LogP) is 1.87. The Labute approximate surface area is 159 Å². The molecule has 9 nitrogen and oxygen atoms in total. The van der Waals surface area contributed by atoms with Crippen LogP contribution in [0.15, 0.2) is 42.2 Å². The van der Waals surface area contributed by atoms with E-state index in [1.165, 1.54) is 0 Å². The number of carbonyl (C=O) groups is 2. The van der Waals surface area contributed by atoms with Crippen molar-refractivity contribution in [3.05, 3.63) is 47.8 Å². The second-order valence-electron chi connectivity index (χ2n) is 6.84. The molecule has 2 fully saturated rings. The SMILES string of the molecule is O=C1C/C(=C\c2cnn3c(NC4CC4)cc(Nc4ccccn4)nc23)C(=O)N1. The fraction of sp³-hybridized carbons (Fsp3) is 0.211. The molecule has 0 unspecified atom stereocenters. The third kappa shape index (κ3) is 3.18. The fourth-order valence-electron chi connectivity index (χ4n) is 3.06. The number of carbonyl (C=O) groups excluding carboxylic acids is 2. The highest BCUT2D eigenvalue weighted by Crippen LogP contribution is 2.28. The molecule has 1 saturated heterocycles. The Kier molecular flexibility index (Phi) is 3.78. The Morgan fingerprint density at radius 3 is 2.82 bits per heavy atom. The van der Waals surface area contributed by atoms with Crippen LogP contribution in [-0.2, 0) is 9.59 Å². The van der Waals surface area contributed by atoms with Crippen LogP contribution >= 0.6 is 0 Å². The van der Waals surface area contributed by atoms with E-state index in [1.807, 2.05) is 24.3 Å². The first-order chi connectivity index (χ1) is 13.7. The number of amides is 2. The van der Waals surface area contributed by atoms with Gasteiger partial charge in [-0.15, -0.1) is 0 Å². The van der Waals surface area contributed by atoms with Gasteiger partial charge in [0.25, 0.3) is 5.91 Å². The summed E-state index contributed by atoms with van der Waals surface area (Å²) >= 11 is 0. The highest BCUT2D eigenvalue weighted by Gasteiger charge is 2.25. The Morgan fingerprint density at radius 1 is 1.21 bits per heavy atom. The lowest BCUT2D eigenvalue weighted by molar-refractivity contribution is -0.124. The van der Waals surface area contributed by atoms with E-state index in [-0.39, 0.29) is 18.2 Å². The van der Waals surface area contributed by atoms with Gasteiger partial charge in [-0.25, -0.2) is 9.97 Å². The standard InChI is InChI=1S/C19H17N7O2/c27-17-8-11(19(28)25-17)7-12-10-21-26-16(22-13-4-5-13)9-15(24-18(12)26)23-14-3-1-2-6-20-14/h1-3,6-7,9-10,13,22H,4-5,8H2,(H,20,23,24)(H,25,27,28)/b11-7+. The summed E-state index contributed by atoms with van der Waals surface area (Å²) < 4.78 is 1.71. The summed E-state index contributed by atoms with van der Waals surface area (Å²) in [5.74, 6) is 1.43. The van der Waals surface area contributed by atoms with Crippen LogP contribution in [0.4, 0.5) is 17.5 Å². The molecular weight excluding hydrogens is 358 g/mol. The van der Waals surface area contributed by atoms with Gasteiger partial charge in [0.1, 0.15) is 17.5 Å². The van der Waals surface area contributed by atoms with E-state index >= 15 is 0 Å². The van der Waals surface area contributed by atoms with Crippen molar-refractivity contribution in [3.8, 4) is 0 Å². The monoisotopic (exact) mass is 375 g/mol. The highest BCUT2D eigenvalue weighted by atomic mass is 16.2. The minimum Gasteiger partial charge on any atom is -0.367 e. The topological polar surface area (TPSA) is 113 Å². The summed E-state index contributed by atoms with van der Waals surface area (Å²) in [6.45, 7) is 0. The number of nitrogens with zero attached hydrogens (tertiary/aromatic N) is 4. The van der Waals surface area contributed by atoms with Crippen LogP contribution in [-0.4, -0.2) is 37.4 Å². The predicted molar refractivity (Wildman–Crippen MR) is 103 cm³/mol. The second-order valence-corrected chi connectivity index (χ2v) is 6.84. The van der Waals surface area contributed by atoms with Gasteiger partial charge in [-0.3, -0.25) is 14.9 Å². The maximum absolute atomic E-state index is 11.9. The number of hydrogen-bond acceptors (Lipinski definition) is 7. The summed E-state index contributed by atoms with van der Waals surface area (Å²) in [5, 5.41) is 13.4. The Hall–Kier alpha value is -3.75. The summed E-state index contributed by atoms with van der Waals surface area (Å²) in [6.07, 6.45) is 7.32. The molecule has 28 heavy (non-hydrogen) atoms. The van der Waals surface area contributed by atoms with Gasteiger partial charge in [0.15, 0.2) is 5.65 Å². The Balaban J connectivity index is 1.58. The van der Waals surface area contributed by atoms with Crippen molar-refractivity contribution in [2.24, 2.45) is 0 Å². The summed E-state index contributed by atoms with van der Waals surface area (Å²) in [5.41, 5.74) is 1.66. The third-order valence-electron chi connectivity index (χ3n) is 4.57. The van der Waals surface area contributed by atoms with Crippen molar-refractivity contribution in [1.29, 1.82) is 0 Å². The molecule has 5 rings (SSSR count). The molecule has 3 N–H and O–H groups in total. The van der Waals surface area contributed by atoms with Crippen molar-refractivity contribution in [1.82, 2.24) is 24.9 Å². The van der Waals surface area contributed by atoms with Gasteiger partial charge in [0.05, 0.1) is 12.6 Å². The smallest absolute Gasteiger partial charge is 0.254 e. The van der Waals surface area contributed by atoms with E-state index < -0.39 is 0 Å².